The van der Waals surface area contributed by atoms with E-state index in [1.54, 1.807) is 11.3 Å². The van der Waals surface area contributed by atoms with E-state index in [1.807, 2.05) is 11.4 Å². The van der Waals surface area contributed by atoms with Crippen LogP contribution in [0.15, 0.2) is 11.4 Å². The van der Waals surface area contributed by atoms with Crippen LogP contribution in [0.25, 0.3) is 0 Å². The highest BCUT2D eigenvalue weighted by atomic mass is 35.5. The highest BCUT2D eigenvalue weighted by molar-refractivity contribution is 7.10. The molecule has 1 unspecified atom stereocenters. The van der Waals surface area contributed by atoms with E-state index in [1.165, 1.54) is 4.88 Å². The minimum absolute atomic E-state index is 0.117. The molecule has 1 atom stereocenters. The van der Waals surface area contributed by atoms with Crippen LogP contribution in [0.4, 0.5) is 0 Å². The second kappa shape index (κ2) is 3.77. The number of nitrogens with two attached hydrogens (primary N) is 1. The predicted octanol–water partition coefficient (Wildman–Crippen LogP) is 3.07. The summed E-state index contributed by atoms with van der Waals surface area (Å²) in [4.78, 5) is 1.20. The highest BCUT2D eigenvalue weighted by Crippen LogP contribution is 2.26. The van der Waals surface area contributed by atoms with Crippen molar-refractivity contribution in [3.63, 3.8) is 0 Å². The average Bonchev–Trinajstić information content (AvgIpc) is 2.36. The zero-order chi connectivity index (χ0) is 9.19. The van der Waals surface area contributed by atoms with Gasteiger partial charge in [0, 0.05) is 16.8 Å². The van der Waals surface area contributed by atoms with Crippen molar-refractivity contribution < 1.29 is 0 Å². The summed E-state index contributed by atoms with van der Waals surface area (Å²) in [5.41, 5.74) is 5.91. The fourth-order valence-electron chi connectivity index (χ4n) is 0.943. The Morgan fingerprint density at radius 2 is 2.33 bits per heavy atom. The molecular weight excluding hydrogens is 190 g/mol. The second-order valence-corrected chi connectivity index (χ2v) is 4.78. The van der Waals surface area contributed by atoms with E-state index in [0.29, 0.717) is 0 Å². The van der Waals surface area contributed by atoms with Gasteiger partial charge < -0.3 is 5.73 Å². The Labute approximate surface area is 82.5 Å². The fourth-order valence-corrected chi connectivity index (χ4v) is 2.24. The van der Waals surface area contributed by atoms with Gasteiger partial charge in [-0.15, -0.1) is 11.3 Å². The van der Waals surface area contributed by atoms with Gasteiger partial charge in [-0.3, -0.25) is 0 Å². The smallest absolute Gasteiger partial charge is 0.0545 e. The van der Waals surface area contributed by atoms with Crippen LogP contribution in [0.3, 0.4) is 0 Å². The molecule has 1 rings (SSSR count). The molecule has 0 aliphatic carbocycles. The molecule has 0 bridgehead atoms. The zero-order valence-electron chi connectivity index (χ0n) is 7.43. The number of rotatable bonds is 3. The summed E-state index contributed by atoms with van der Waals surface area (Å²) in [6, 6.07) is 1.92. The second-order valence-electron chi connectivity index (χ2n) is 3.38. The molecule has 1 aromatic rings. The van der Waals surface area contributed by atoms with E-state index in [-0.39, 0.29) is 5.54 Å². The van der Waals surface area contributed by atoms with Crippen molar-refractivity contribution in [2.75, 3.05) is 0 Å². The molecule has 3 heteroatoms. The highest BCUT2D eigenvalue weighted by Gasteiger charge is 2.18. The van der Waals surface area contributed by atoms with Crippen LogP contribution in [0.2, 0.25) is 5.02 Å². The van der Waals surface area contributed by atoms with Gasteiger partial charge in [-0.2, -0.15) is 0 Å². The van der Waals surface area contributed by atoms with Crippen LogP contribution >= 0.6 is 22.9 Å². The number of halogens is 1. The molecule has 0 aromatic carbocycles. The standard InChI is InChI=1S/C9H14ClNS/c1-3-9(2,11)6-8-7(10)4-5-12-8/h4-5H,3,6,11H2,1-2H3. The third-order valence-corrected chi connectivity index (χ3v) is 3.45. The molecule has 0 amide bonds. The molecule has 12 heavy (non-hydrogen) atoms. The van der Waals surface area contributed by atoms with Gasteiger partial charge in [-0.05, 0) is 24.8 Å². The van der Waals surface area contributed by atoms with Crippen LogP contribution in [0.5, 0.6) is 0 Å². The maximum absolute atomic E-state index is 6.02. The Hall–Kier alpha value is -0.0500. The lowest BCUT2D eigenvalue weighted by Crippen LogP contribution is -2.37. The average molecular weight is 204 g/mol. The van der Waals surface area contributed by atoms with Crippen LogP contribution in [-0.4, -0.2) is 5.54 Å². The molecular formula is C9H14ClNS. The van der Waals surface area contributed by atoms with Crippen molar-refractivity contribution in [1.82, 2.24) is 0 Å². The lowest BCUT2D eigenvalue weighted by atomic mass is 9.95. The van der Waals surface area contributed by atoms with E-state index >= 15 is 0 Å². The Balaban J connectivity index is 2.70. The Kier molecular flexibility index (Phi) is 3.16. The summed E-state index contributed by atoms with van der Waals surface area (Å²) in [6.07, 6.45) is 1.85. The molecule has 1 nitrogen and oxygen atoms in total. The van der Waals surface area contributed by atoms with Crippen molar-refractivity contribution in [3.05, 3.63) is 21.3 Å². The summed E-state index contributed by atoms with van der Waals surface area (Å²) in [7, 11) is 0. The molecule has 0 saturated carbocycles. The van der Waals surface area contributed by atoms with Crippen molar-refractivity contribution in [2.45, 2.75) is 32.2 Å². The molecule has 0 fully saturated rings. The third-order valence-electron chi connectivity index (χ3n) is 2.06. The molecule has 68 valence electrons. The summed E-state index contributed by atoms with van der Waals surface area (Å²) in [5, 5.41) is 2.86. The first-order valence-electron chi connectivity index (χ1n) is 4.06. The molecule has 1 heterocycles. The minimum Gasteiger partial charge on any atom is -0.325 e. The van der Waals surface area contributed by atoms with Crippen LogP contribution in [0.1, 0.15) is 25.1 Å². The van der Waals surface area contributed by atoms with Gasteiger partial charge in [0.05, 0.1) is 5.02 Å². The number of thiophene rings is 1. The van der Waals surface area contributed by atoms with E-state index < -0.39 is 0 Å². The monoisotopic (exact) mass is 203 g/mol. The van der Waals surface area contributed by atoms with E-state index in [4.69, 9.17) is 17.3 Å². The maximum Gasteiger partial charge on any atom is 0.0545 e. The maximum atomic E-state index is 6.02. The van der Waals surface area contributed by atoms with Crippen LogP contribution < -0.4 is 5.73 Å². The fraction of sp³-hybridized carbons (Fsp3) is 0.556. The molecule has 0 radical (unpaired) electrons. The number of hydrogen-bond acceptors (Lipinski definition) is 2. The topological polar surface area (TPSA) is 26.0 Å². The molecule has 0 spiro atoms. The third kappa shape index (κ3) is 2.47. The summed E-state index contributed by atoms with van der Waals surface area (Å²) in [5.74, 6) is 0. The van der Waals surface area contributed by atoms with Crippen molar-refractivity contribution in [3.8, 4) is 0 Å². The van der Waals surface area contributed by atoms with Gasteiger partial charge in [-0.25, -0.2) is 0 Å². The molecule has 0 aliphatic heterocycles. The lowest BCUT2D eigenvalue weighted by molar-refractivity contribution is 0.453. The van der Waals surface area contributed by atoms with Gasteiger partial charge in [0.2, 0.25) is 0 Å². The Morgan fingerprint density at radius 3 is 2.75 bits per heavy atom. The molecule has 0 aliphatic rings. The summed E-state index contributed by atoms with van der Waals surface area (Å²) in [6.45, 7) is 4.16. The molecule has 2 N–H and O–H groups in total. The molecule has 1 aromatic heterocycles. The normalized spacial score (nSPS) is 16.0. The first-order chi connectivity index (χ1) is 5.55. The van der Waals surface area contributed by atoms with E-state index in [9.17, 15) is 0 Å². The zero-order valence-corrected chi connectivity index (χ0v) is 9.00. The van der Waals surface area contributed by atoms with Crippen LogP contribution in [0, 0.1) is 0 Å². The van der Waals surface area contributed by atoms with E-state index in [0.717, 1.165) is 17.9 Å². The minimum atomic E-state index is -0.117. The van der Waals surface area contributed by atoms with Crippen molar-refractivity contribution in [2.24, 2.45) is 5.73 Å². The van der Waals surface area contributed by atoms with Gasteiger partial charge in [0.25, 0.3) is 0 Å². The lowest BCUT2D eigenvalue weighted by Gasteiger charge is -2.21. The first kappa shape index (κ1) is 10.0. The van der Waals surface area contributed by atoms with Gasteiger partial charge in [-0.1, -0.05) is 18.5 Å². The van der Waals surface area contributed by atoms with Crippen molar-refractivity contribution in [1.29, 1.82) is 0 Å². The largest absolute Gasteiger partial charge is 0.325 e. The number of hydrogen-bond donors (Lipinski definition) is 1. The van der Waals surface area contributed by atoms with E-state index in [2.05, 4.69) is 13.8 Å². The van der Waals surface area contributed by atoms with Crippen molar-refractivity contribution >= 4 is 22.9 Å². The first-order valence-corrected chi connectivity index (χ1v) is 5.31. The quantitative estimate of drug-likeness (QED) is 0.803. The Morgan fingerprint density at radius 1 is 1.67 bits per heavy atom. The summed E-state index contributed by atoms with van der Waals surface area (Å²) < 4.78 is 0. The van der Waals surface area contributed by atoms with Gasteiger partial charge in [0.1, 0.15) is 0 Å². The summed E-state index contributed by atoms with van der Waals surface area (Å²) >= 11 is 7.64. The van der Waals surface area contributed by atoms with Crippen LogP contribution in [-0.2, 0) is 6.42 Å². The van der Waals surface area contributed by atoms with Gasteiger partial charge >= 0.3 is 0 Å². The van der Waals surface area contributed by atoms with Gasteiger partial charge in [0.15, 0.2) is 0 Å². The predicted molar refractivity (Wildman–Crippen MR) is 55.9 cm³/mol. The Bertz CT molecular complexity index is 255. The SMILES string of the molecule is CCC(C)(N)Cc1sccc1Cl. The molecule has 0 saturated heterocycles.